The second-order valence-electron chi connectivity index (χ2n) is 10.2. The highest BCUT2D eigenvalue weighted by Crippen LogP contribution is 2.34. The minimum Gasteiger partial charge on any atom is -0.309 e. The Balaban J connectivity index is 0.00000141. The summed E-state index contributed by atoms with van der Waals surface area (Å²) in [6, 6.07) is 50.1. The van der Waals surface area contributed by atoms with Gasteiger partial charge in [-0.25, -0.2) is 0 Å². The van der Waals surface area contributed by atoms with Gasteiger partial charge in [0.05, 0.1) is 16.6 Å². The minimum absolute atomic E-state index is 0.00224. The number of fused-ring (bicyclic) bond motifs is 6. The molecule has 3 nitrogen and oxygen atoms in total. The van der Waals surface area contributed by atoms with Crippen molar-refractivity contribution < 1.29 is 0 Å². The van der Waals surface area contributed by atoms with Crippen LogP contribution in [0.1, 0.15) is 13.8 Å². The zero-order valence-electron chi connectivity index (χ0n) is 23.7. The maximum absolute atomic E-state index is 13.6. The van der Waals surface area contributed by atoms with Crippen molar-refractivity contribution in [3.8, 4) is 22.5 Å². The molecule has 8 rings (SSSR count). The molecule has 0 aliphatic carbocycles. The Hall–Kier alpha value is -5.41. The van der Waals surface area contributed by atoms with Crippen LogP contribution in [0.15, 0.2) is 150 Å². The van der Waals surface area contributed by atoms with E-state index >= 15 is 0 Å². The molecule has 0 amide bonds. The van der Waals surface area contributed by atoms with Crippen molar-refractivity contribution in [2.45, 2.75) is 13.8 Å². The molecule has 0 atom stereocenters. The average molecular weight is 543 g/mol. The van der Waals surface area contributed by atoms with Gasteiger partial charge in [-0.05, 0) is 71.1 Å². The van der Waals surface area contributed by atoms with Crippen molar-refractivity contribution in [2.75, 3.05) is 0 Å². The first kappa shape index (κ1) is 25.6. The van der Waals surface area contributed by atoms with E-state index < -0.39 is 0 Å². The summed E-state index contributed by atoms with van der Waals surface area (Å²) in [6.45, 7) is 4.00. The highest BCUT2D eigenvalue weighted by Gasteiger charge is 2.14. The summed E-state index contributed by atoms with van der Waals surface area (Å²) in [5.74, 6) is 0. The van der Waals surface area contributed by atoms with E-state index in [4.69, 9.17) is 0 Å². The molecule has 0 N–H and O–H groups in total. The van der Waals surface area contributed by atoms with Crippen LogP contribution in [0, 0.1) is 0 Å². The Labute approximate surface area is 244 Å². The fraction of sp³-hybridized carbons (Fsp3) is 0.0513. The van der Waals surface area contributed by atoms with Gasteiger partial charge in [0.15, 0.2) is 0 Å². The van der Waals surface area contributed by atoms with Crippen molar-refractivity contribution in [3.05, 3.63) is 156 Å². The Morgan fingerprint density at radius 2 is 0.857 bits per heavy atom. The van der Waals surface area contributed by atoms with Gasteiger partial charge in [0.25, 0.3) is 5.56 Å². The molecular weight excluding hydrogens is 512 g/mol. The van der Waals surface area contributed by atoms with Crippen LogP contribution in [0.5, 0.6) is 0 Å². The number of para-hydroxylation sites is 3. The lowest BCUT2D eigenvalue weighted by molar-refractivity contribution is 1.06. The number of rotatable bonds is 3. The second kappa shape index (κ2) is 10.5. The predicted molar refractivity (Wildman–Crippen MR) is 178 cm³/mol. The van der Waals surface area contributed by atoms with Crippen molar-refractivity contribution in [3.63, 3.8) is 0 Å². The first-order chi connectivity index (χ1) is 20.8. The molecule has 0 radical (unpaired) electrons. The summed E-state index contributed by atoms with van der Waals surface area (Å²) < 4.78 is 4.16. The van der Waals surface area contributed by atoms with Gasteiger partial charge in [-0.1, -0.05) is 105 Å². The first-order valence-corrected chi connectivity index (χ1v) is 14.5. The average Bonchev–Trinajstić information content (AvgIpc) is 3.41. The number of hydrogen-bond acceptors (Lipinski definition) is 1. The van der Waals surface area contributed by atoms with Gasteiger partial charge in [-0.3, -0.25) is 9.36 Å². The van der Waals surface area contributed by atoms with Crippen LogP contribution in [-0.4, -0.2) is 9.13 Å². The minimum atomic E-state index is -0.00224. The van der Waals surface area contributed by atoms with E-state index in [0.29, 0.717) is 0 Å². The molecule has 0 fully saturated rings. The summed E-state index contributed by atoms with van der Waals surface area (Å²) in [6.07, 6.45) is 0. The molecule has 3 heteroatoms. The lowest BCUT2D eigenvalue weighted by atomic mass is 9.99. The van der Waals surface area contributed by atoms with Gasteiger partial charge in [-0.15, -0.1) is 0 Å². The maximum atomic E-state index is 13.6. The zero-order chi connectivity index (χ0) is 28.6. The summed E-state index contributed by atoms with van der Waals surface area (Å²) in [5.41, 5.74) is 7.55. The molecule has 202 valence electrons. The molecule has 0 aliphatic heterocycles. The van der Waals surface area contributed by atoms with E-state index in [2.05, 4.69) is 95.6 Å². The smallest absolute Gasteiger partial charge is 0.263 e. The van der Waals surface area contributed by atoms with Gasteiger partial charge >= 0.3 is 0 Å². The molecule has 0 bridgehead atoms. The second-order valence-corrected chi connectivity index (χ2v) is 10.2. The van der Waals surface area contributed by atoms with Crippen LogP contribution in [0.3, 0.4) is 0 Å². The third-order valence-electron chi connectivity index (χ3n) is 7.94. The van der Waals surface area contributed by atoms with Gasteiger partial charge < -0.3 is 4.57 Å². The number of aromatic nitrogens is 2. The van der Waals surface area contributed by atoms with Crippen molar-refractivity contribution in [2.24, 2.45) is 0 Å². The lowest BCUT2D eigenvalue weighted by Crippen LogP contribution is -2.19. The lowest BCUT2D eigenvalue weighted by Gasteiger charge is -2.15. The van der Waals surface area contributed by atoms with Crippen LogP contribution in [0.25, 0.3) is 66.0 Å². The van der Waals surface area contributed by atoms with Crippen molar-refractivity contribution >= 4 is 43.5 Å². The fourth-order valence-corrected chi connectivity index (χ4v) is 6.10. The molecule has 6 aromatic carbocycles. The molecule has 0 saturated carbocycles. The van der Waals surface area contributed by atoms with E-state index in [0.717, 1.165) is 44.2 Å². The molecule has 0 saturated heterocycles. The van der Waals surface area contributed by atoms with Crippen molar-refractivity contribution in [1.29, 1.82) is 0 Å². The molecule has 2 aromatic heterocycles. The fourth-order valence-electron chi connectivity index (χ4n) is 6.10. The predicted octanol–water partition coefficient (Wildman–Crippen LogP) is 9.93. The Morgan fingerprint density at radius 1 is 0.381 bits per heavy atom. The molecule has 0 spiro atoms. The highest BCUT2D eigenvalue weighted by molar-refractivity contribution is 6.09. The van der Waals surface area contributed by atoms with Crippen LogP contribution < -0.4 is 5.56 Å². The maximum Gasteiger partial charge on any atom is 0.263 e. The van der Waals surface area contributed by atoms with Gasteiger partial charge in [-0.2, -0.15) is 0 Å². The highest BCUT2D eigenvalue weighted by atomic mass is 16.1. The third kappa shape index (κ3) is 4.02. The van der Waals surface area contributed by atoms with Crippen LogP contribution >= 0.6 is 0 Å². The first-order valence-electron chi connectivity index (χ1n) is 14.5. The van der Waals surface area contributed by atoms with E-state index in [1.807, 2.05) is 73.0 Å². The molecular formula is C39H30N2O. The Kier molecular flexibility index (Phi) is 6.41. The van der Waals surface area contributed by atoms with Crippen LogP contribution in [-0.2, 0) is 0 Å². The zero-order valence-corrected chi connectivity index (χ0v) is 23.7. The van der Waals surface area contributed by atoms with E-state index in [9.17, 15) is 4.79 Å². The molecule has 2 heterocycles. The molecule has 8 aromatic rings. The number of benzene rings is 6. The van der Waals surface area contributed by atoms with Crippen LogP contribution in [0.4, 0.5) is 0 Å². The molecule has 0 aliphatic rings. The van der Waals surface area contributed by atoms with Crippen molar-refractivity contribution in [1.82, 2.24) is 9.13 Å². The van der Waals surface area contributed by atoms with E-state index in [1.165, 1.54) is 21.8 Å². The number of nitrogens with zero attached hydrogens (tertiary/aromatic N) is 2. The number of pyridine rings is 1. The summed E-state index contributed by atoms with van der Waals surface area (Å²) in [7, 11) is 0. The topological polar surface area (TPSA) is 26.9 Å². The van der Waals surface area contributed by atoms with Gasteiger partial charge in [0.1, 0.15) is 0 Å². The van der Waals surface area contributed by atoms with Gasteiger partial charge in [0.2, 0.25) is 0 Å². The van der Waals surface area contributed by atoms with Gasteiger partial charge in [0, 0.05) is 32.9 Å². The summed E-state index contributed by atoms with van der Waals surface area (Å²) in [4.78, 5) is 13.6. The normalized spacial score (nSPS) is 11.2. The Bertz CT molecular complexity index is 2220. The SMILES string of the molecule is CC.O=c1c2ccccc2c2cc(-c3ccc(-n4c5ccccc5c5ccccc54)cc3)ccc2n1-c1ccccc1. The largest absolute Gasteiger partial charge is 0.309 e. The van der Waals surface area contributed by atoms with Crippen LogP contribution in [0.2, 0.25) is 0 Å². The number of hydrogen-bond donors (Lipinski definition) is 0. The summed E-state index contributed by atoms with van der Waals surface area (Å²) in [5, 5.41) is 5.26. The van der Waals surface area contributed by atoms with E-state index in [-0.39, 0.29) is 5.56 Å². The third-order valence-corrected chi connectivity index (χ3v) is 7.94. The summed E-state index contributed by atoms with van der Waals surface area (Å²) >= 11 is 0. The molecule has 42 heavy (non-hydrogen) atoms. The standard InChI is InChI=1S/C37H24N2O.C2H6/c40-37-32-15-5-4-12-29(32)33-24-26(20-23-36(33)39(37)27-10-2-1-3-11-27)25-18-21-28(22-19-25)38-34-16-8-6-13-30(34)31-14-7-9-17-35(31)38;1-2/h1-24H;1-2H3. The Morgan fingerprint density at radius 3 is 1.50 bits per heavy atom. The monoisotopic (exact) mass is 542 g/mol. The van der Waals surface area contributed by atoms with E-state index in [1.54, 1.807) is 0 Å². The quantitative estimate of drug-likeness (QED) is 0.204. The molecule has 0 unspecified atom stereocenters.